The summed E-state index contributed by atoms with van der Waals surface area (Å²) < 4.78 is 18.4. The molecular formula is C14H21FN2O. The van der Waals surface area contributed by atoms with E-state index >= 15 is 0 Å². The van der Waals surface area contributed by atoms with Gasteiger partial charge in [0.15, 0.2) is 0 Å². The minimum Gasteiger partial charge on any atom is -0.380 e. The van der Waals surface area contributed by atoms with E-state index < -0.39 is 0 Å². The third kappa shape index (κ3) is 2.88. The van der Waals surface area contributed by atoms with Crippen LogP contribution in [0.25, 0.3) is 0 Å². The molecule has 3 nitrogen and oxygen atoms in total. The minimum atomic E-state index is -0.214. The van der Waals surface area contributed by atoms with Gasteiger partial charge in [0.1, 0.15) is 5.82 Å². The molecule has 0 spiro atoms. The van der Waals surface area contributed by atoms with Crippen LogP contribution in [0.5, 0.6) is 0 Å². The van der Waals surface area contributed by atoms with E-state index in [1.165, 1.54) is 12.1 Å². The first-order chi connectivity index (χ1) is 8.59. The first-order valence-corrected chi connectivity index (χ1v) is 6.40. The third-order valence-corrected chi connectivity index (χ3v) is 3.63. The van der Waals surface area contributed by atoms with Gasteiger partial charge in [-0.15, -0.1) is 0 Å². The lowest BCUT2D eigenvalue weighted by Crippen LogP contribution is -2.43. The highest BCUT2D eigenvalue weighted by Gasteiger charge is 2.29. The van der Waals surface area contributed by atoms with Crippen molar-refractivity contribution >= 4 is 0 Å². The van der Waals surface area contributed by atoms with Gasteiger partial charge in [0.25, 0.3) is 0 Å². The molecule has 1 heterocycles. The van der Waals surface area contributed by atoms with Crippen LogP contribution in [0.4, 0.5) is 4.39 Å². The van der Waals surface area contributed by atoms with E-state index in [4.69, 9.17) is 10.5 Å². The molecule has 100 valence electrons. The van der Waals surface area contributed by atoms with Gasteiger partial charge in [-0.3, -0.25) is 4.90 Å². The molecule has 1 aliphatic rings. The summed E-state index contributed by atoms with van der Waals surface area (Å²) in [5.41, 5.74) is 7.16. The number of hydrogen-bond donors (Lipinski definition) is 1. The van der Waals surface area contributed by atoms with E-state index in [1.54, 1.807) is 0 Å². The lowest BCUT2D eigenvalue weighted by Gasteiger charge is -2.35. The van der Waals surface area contributed by atoms with Crippen LogP contribution in [0.2, 0.25) is 0 Å². The molecule has 3 unspecified atom stereocenters. The standard InChI is InChI=1S/C14H21FN2O/c1-10(16)14(11-3-5-12(15)6-4-11)17(2)13-7-8-18-9-13/h3-6,10,13-14H,7-9,16H2,1-2H3. The molecule has 1 aromatic rings. The second-order valence-corrected chi connectivity index (χ2v) is 5.04. The van der Waals surface area contributed by atoms with Gasteiger partial charge < -0.3 is 10.5 Å². The Balaban J connectivity index is 2.19. The van der Waals surface area contributed by atoms with Crippen molar-refractivity contribution < 1.29 is 9.13 Å². The molecule has 3 atom stereocenters. The van der Waals surface area contributed by atoms with Crippen molar-refractivity contribution in [2.75, 3.05) is 20.3 Å². The number of rotatable bonds is 4. The fourth-order valence-electron chi connectivity index (χ4n) is 2.64. The topological polar surface area (TPSA) is 38.5 Å². The summed E-state index contributed by atoms with van der Waals surface area (Å²) in [4.78, 5) is 2.25. The van der Waals surface area contributed by atoms with Crippen LogP contribution in [-0.2, 0) is 4.74 Å². The maximum Gasteiger partial charge on any atom is 0.123 e. The third-order valence-electron chi connectivity index (χ3n) is 3.63. The van der Waals surface area contributed by atoms with Crippen molar-refractivity contribution in [2.45, 2.75) is 31.5 Å². The summed E-state index contributed by atoms with van der Waals surface area (Å²) in [5, 5.41) is 0. The van der Waals surface area contributed by atoms with Crippen molar-refractivity contribution in [1.82, 2.24) is 4.90 Å². The Morgan fingerprint density at radius 3 is 2.56 bits per heavy atom. The minimum absolute atomic E-state index is 0.0129. The van der Waals surface area contributed by atoms with Gasteiger partial charge >= 0.3 is 0 Å². The summed E-state index contributed by atoms with van der Waals surface area (Å²) in [5.74, 6) is -0.214. The Hall–Kier alpha value is -0.970. The number of likely N-dealkylation sites (N-methyl/N-ethyl adjacent to an activating group) is 1. The molecule has 18 heavy (non-hydrogen) atoms. The second kappa shape index (κ2) is 5.78. The Kier molecular flexibility index (Phi) is 4.32. The molecule has 0 radical (unpaired) electrons. The molecule has 1 aromatic carbocycles. The molecule has 0 aromatic heterocycles. The largest absolute Gasteiger partial charge is 0.380 e. The predicted molar refractivity (Wildman–Crippen MR) is 69.8 cm³/mol. The van der Waals surface area contributed by atoms with Crippen LogP contribution in [0.3, 0.4) is 0 Å². The Labute approximate surface area is 108 Å². The van der Waals surface area contributed by atoms with Crippen molar-refractivity contribution in [3.8, 4) is 0 Å². The Bertz CT molecular complexity index is 374. The fraction of sp³-hybridized carbons (Fsp3) is 0.571. The first kappa shape index (κ1) is 13.5. The van der Waals surface area contributed by atoms with Gasteiger partial charge in [0.2, 0.25) is 0 Å². The zero-order chi connectivity index (χ0) is 13.1. The maximum absolute atomic E-state index is 13.0. The van der Waals surface area contributed by atoms with Crippen molar-refractivity contribution in [3.63, 3.8) is 0 Å². The molecule has 1 fully saturated rings. The molecular weight excluding hydrogens is 231 g/mol. The average Bonchev–Trinajstić information content (AvgIpc) is 2.85. The monoisotopic (exact) mass is 252 g/mol. The zero-order valence-electron chi connectivity index (χ0n) is 11.0. The highest BCUT2D eigenvalue weighted by Crippen LogP contribution is 2.27. The van der Waals surface area contributed by atoms with Crippen LogP contribution in [0, 0.1) is 5.82 Å². The summed E-state index contributed by atoms with van der Waals surface area (Å²) in [6.45, 7) is 3.55. The van der Waals surface area contributed by atoms with Gasteiger partial charge in [-0.1, -0.05) is 12.1 Å². The van der Waals surface area contributed by atoms with Crippen molar-refractivity contribution in [3.05, 3.63) is 35.6 Å². The number of nitrogens with zero attached hydrogens (tertiary/aromatic N) is 1. The smallest absolute Gasteiger partial charge is 0.123 e. The highest BCUT2D eigenvalue weighted by atomic mass is 19.1. The number of halogens is 1. The summed E-state index contributed by atoms with van der Waals surface area (Å²) >= 11 is 0. The molecule has 4 heteroatoms. The Morgan fingerprint density at radius 1 is 1.39 bits per heavy atom. The van der Waals surface area contributed by atoms with Crippen LogP contribution < -0.4 is 5.73 Å². The van der Waals surface area contributed by atoms with E-state index in [2.05, 4.69) is 11.9 Å². The fourth-order valence-corrected chi connectivity index (χ4v) is 2.64. The molecule has 0 saturated carbocycles. The quantitative estimate of drug-likeness (QED) is 0.890. The molecule has 0 aliphatic carbocycles. The lowest BCUT2D eigenvalue weighted by molar-refractivity contribution is 0.123. The van der Waals surface area contributed by atoms with Crippen LogP contribution in [0.1, 0.15) is 24.9 Å². The van der Waals surface area contributed by atoms with Gasteiger partial charge in [-0.25, -0.2) is 4.39 Å². The summed E-state index contributed by atoms with van der Waals surface area (Å²) in [6.07, 6.45) is 1.03. The van der Waals surface area contributed by atoms with Gasteiger partial charge in [-0.2, -0.15) is 0 Å². The molecule has 1 aliphatic heterocycles. The number of ether oxygens (including phenoxy) is 1. The van der Waals surface area contributed by atoms with Gasteiger partial charge in [-0.05, 0) is 38.1 Å². The van der Waals surface area contributed by atoms with Gasteiger partial charge in [0.05, 0.1) is 6.61 Å². The van der Waals surface area contributed by atoms with Crippen LogP contribution in [0.15, 0.2) is 24.3 Å². The van der Waals surface area contributed by atoms with Gasteiger partial charge in [0, 0.05) is 24.7 Å². The summed E-state index contributed by atoms with van der Waals surface area (Å²) in [6, 6.07) is 7.09. The van der Waals surface area contributed by atoms with Crippen LogP contribution >= 0.6 is 0 Å². The summed E-state index contributed by atoms with van der Waals surface area (Å²) in [7, 11) is 2.07. The predicted octanol–water partition coefficient (Wildman–Crippen LogP) is 1.93. The number of benzene rings is 1. The SMILES string of the molecule is CC(N)C(c1ccc(F)cc1)N(C)C1CCOC1. The number of hydrogen-bond acceptors (Lipinski definition) is 3. The molecule has 2 N–H and O–H groups in total. The zero-order valence-corrected chi connectivity index (χ0v) is 11.0. The molecule has 1 saturated heterocycles. The average molecular weight is 252 g/mol. The number of nitrogens with two attached hydrogens (primary N) is 1. The van der Waals surface area contributed by atoms with Crippen molar-refractivity contribution in [2.24, 2.45) is 5.73 Å². The van der Waals surface area contributed by atoms with E-state index in [9.17, 15) is 4.39 Å². The normalized spacial score (nSPS) is 23.3. The van der Waals surface area contributed by atoms with Crippen molar-refractivity contribution in [1.29, 1.82) is 0 Å². The molecule has 0 bridgehead atoms. The van der Waals surface area contributed by atoms with E-state index in [0.29, 0.717) is 6.04 Å². The second-order valence-electron chi connectivity index (χ2n) is 5.04. The molecule has 2 rings (SSSR count). The lowest BCUT2D eigenvalue weighted by atomic mass is 9.98. The highest BCUT2D eigenvalue weighted by molar-refractivity contribution is 5.21. The Morgan fingerprint density at radius 2 is 2.06 bits per heavy atom. The van der Waals surface area contributed by atoms with E-state index in [0.717, 1.165) is 25.2 Å². The maximum atomic E-state index is 13.0. The van der Waals surface area contributed by atoms with Crippen LogP contribution in [-0.4, -0.2) is 37.2 Å². The van der Waals surface area contributed by atoms with E-state index in [1.807, 2.05) is 19.1 Å². The van der Waals surface area contributed by atoms with E-state index in [-0.39, 0.29) is 17.9 Å². The first-order valence-electron chi connectivity index (χ1n) is 6.40. The molecule has 0 amide bonds.